The molecular weight excluding hydrogens is 316 g/mol. The Kier molecular flexibility index (Phi) is 4.18. The lowest BCUT2D eigenvalue weighted by molar-refractivity contribution is -0.116. The molecule has 0 atom stereocenters. The highest BCUT2D eigenvalue weighted by Gasteiger charge is 2.24. The smallest absolute Gasteiger partial charge is 0.240 e. The third kappa shape index (κ3) is 3.27. The van der Waals surface area contributed by atoms with Crippen LogP contribution in [0.5, 0.6) is 0 Å². The van der Waals surface area contributed by atoms with Crippen molar-refractivity contribution in [1.29, 1.82) is 0 Å². The molecule has 1 aliphatic heterocycles. The highest BCUT2D eigenvalue weighted by atomic mass is 32.2. The predicted molar refractivity (Wildman–Crippen MR) is 85.6 cm³/mol. The molecule has 0 bridgehead atoms. The minimum atomic E-state index is -3.56. The summed E-state index contributed by atoms with van der Waals surface area (Å²) in [5, 5.41) is 0. The van der Waals surface area contributed by atoms with Gasteiger partial charge in [0.2, 0.25) is 15.9 Å². The molecular formula is C15H18N4O3S. The summed E-state index contributed by atoms with van der Waals surface area (Å²) >= 11 is 0. The second-order valence-electron chi connectivity index (χ2n) is 5.41. The van der Waals surface area contributed by atoms with Crippen molar-refractivity contribution < 1.29 is 13.2 Å². The molecule has 0 radical (unpaired) electrons. The molecule has 0 unspecified atom stereocenters. The van der Waals surface area contributed by atoms with Gasteiger partial charge in [-0.05, 0) is 30.2 Å². The van der Waals surface area contributed by atoms with Gasteiger partial charge in [-0.1, -0.05) is 0 Å². The molecule has 0 fully saturated rings. The molecule has 1 aromatic heterocycles. The maximum atomic E-state index is 12.4. The number of benzene rings is 1. The van der Waals surface area contributed by atoms with Gasteiger partial charge in [-0.25, -0.2) is 18.1 Å². The number of anilines is 1. The molecule has 1 aliphatic rings. The number of nitrogens with one attached hydrogen (secondary N) is 1. The first-order valence-electron chi connectivity index (χ1n) is 7.34. The molecule has 3 rings (SSSR count). The van der Waals surface area contributed by atoms with Crippen LogP contribution >= 0.6 is 0 Å². The van der Waals surface area contributed by atoms with E-state index in [1.54, 1.807) is 46.4 Å². The molecule has 0 saturated carbocycles. The van der Waals surface area contributed by atoms with E-state index in [0.29, 0.717) is 19.5 Å². The highest BCUT2D eigenvalue weighted by Crippen LogP contribution is 2.30. The van der Waals surface area contributed by atoms with Crippen molar-refractivity contribution in [2.45, 2.75) is 24.8 Å². The summed E-state index contributed by atoms with van der Waals surface area (Å²) in [5.74, 6) is -0.0298. The Morgan fingerprint density at radius 3 is 2.91 bits per heavy atom. The van der Waals surface area contributed by atoms with Crippen molar-refractivity contribution in [3.63, 3.8) is 0 Å². The first-order chi connectivity index (χ1) is 11.0. The lowest BCUT2D eigenvalue weighted by Crippen LogP contribution is -2.27. The number of carbonyl (C=O) groups is 1. The molecule has 7 nitrogen and oxygen atoms in total. The van der Waals surface area contributed by atoms with Crippen molar-refractivity contribution in [3.05, 3.63) is 42.5 Å². The number of imidazole rings is 1. The van der Waals surface area contributed by atoms with Crippen molar-refractivity contribution in [3.8, 4) is 0 Å². The van der Waals surface area contributed by atoms with E-state index in [-0.39, 0.29) is 17.3 Å². The summed E-state index contributed by atoms with van der Waals surface area (Å²) in [6.07, 6.45) is 5.74. The second kappa shape index (κ2) is 6.13. The molecule has 2 aromatic rings. The number of carbonyl (C=O) groups excluding carboxylic acids is 1. The fraction of sp³-hybridized carbons (Fsp3) is 0.333. The number of aromatic nitrogens is 2. The van der Waals surface area contributed by atoms with E-state index in [9.17, 15) is 13.2 Å². The van der Waals surface area contributed by atoms with Crippen LogP contribution in [-0.2, 0) is 27.8 Å². The number of hydrogen-bond donors (Lipinski definition) is 1. The van der Waals surface area contributed by atoms with Gasteiger partial charge >= 0.3 is 0 Å². The fourth-order valence-corrected chi connectivity index (χ4v) is 3.76. The number of rotatable bonds is 5. The van der Waals surface area contributed by atoms with Crippen LogP contribution in [-0.4, -0.2) is 37.0 Å². The topological polar surface area (TPSA) is 84.3 Å². The zero-order chi connectivity index (χ0) is 16.4. The van der Waals surface area contributed by atoms with Crippen LogP contribution < -0.4 is 9.62 Å². The Balaban J connectivity index is 1.72. The zero-order valence-electron chi connectivity index (χ0n) is 12.8. The molecule has 122 valence electrons. The average molecular weight is 334 g/mol. The molecule has 2 heterocycles. The second-order valence-corrected chi connectivity index (χ2v) is 7.18. The van der Waals surface area contributed by atoms with E-state index in [2.05, 4.69) is 9.71 Å². The number of nitrogens with zero attached hydrogens (tertiary/aromatic N) is 3. The van der Waals surface area contributed by atoms with Crippen molar-refractivity contribution in [2.75, 3.05) is 18.0 Å². The van der Waals surface area contributed by atoms with Gasteiger partial charge in [-0.15, -0.1) is 0 Å². The Labute approximate surface area is 135 Å². The normalized spacial score (nSPS) is 14.0. The van der Waals surface area contributed by atoms with Gasteiger partial charge in [-0.2, -0.15) is 0 Å². The molecule has 1 amide bonds. The van der Waals surface area contributed by atoms with E-state index >= 15 is 0 Å². The van der Waals surface area contributed by atoms with Gasteiger partial charge in [0.05, 0.1) is 11.2 Å². The summed E-state index contributed by atoms with van der Waals surface area (Å²) in [5.41, 5.74) is 1.69. The molecule has 0 spiro atoms. The molecule has 1 aromatic carbocycles. The summed E-state index contributed by atoms with van der Waals surface area (Å²) < 4.78 is 29.1. The quantitative estimate of drug-likeness (QED) is 0.875. The zero-order valence-corrected chi connectivity index (χ0v) is 13.6. The Morgan fingerprint density at radius 2 is 2.22 bits per heavy atom. The van der Waals surface area contributed by atoms with E-state index in [1.165, 1.54) is 6.92 Å². The standard InChI is InChI=1S/C15H18N4O3S/c1-12(20)19-7-4-13-10-14(2-3-15(13)19)23(21,22)17-6-9-18-8-5-16-11-18/h2-3,5,8,10-11,17H,4,6-7,9H2,1H3. The van der Waals surface area contributed by atoms with Gasteiger partial charge in [0.15, 0.2) is 0 Å². The van der Waals surface area contributed by atoms with Crippen LogP contribution in [0.25, 0.3) is 0 Å². The van der Waals surface area contributed by atoms with Crippen molar-refractivity contribution in [2.24, 2.45) is 0 Å². The largest absolute Gasteiger partial charge is 0.336 e. The van der Waals surface area contributed by atoms with Gasteiger partial charge in [0.25, 0.3) is 0 Å². The minimum absolute atomic E-state index is 0.0298. The van der Waals surface area contributed by atoms with Crippen LogP contribution in [0.15, 0.2) is 41.8 Å². The van der Waals surface area contributed by atoms with Gasteiger partial charge in [0, 0.05) is 44.6 Å². The van der Waals surface area contributed by atoms with E-state index in [1.807, 2.05) is 0 Å². The Hall–Kier alpha value is -2.19. The molecule has 8 heteroatoms. The van der Waals surface area contributed by atoms with Crippen LogP contribution in [0.4, 0.5) is 5.69 Å². The maximum absolute atomic E-state index is 12.4. The maximum Gasteiger partial charge on any atom is 0.240 e. The number of sulfonamides is 1. The molecule has 0 aliphatic carbocycles. The Morgan fingerprint density at radius 1 is 1.39 bits per heavy atom. The SMILES string of the molecule is CC(=O)N1CCc2cc(S(=O)(=O)NCCn3ccnc3)ccc21. The third-order valence-corrected chi connectivity index (χ3v) is 5.32. The monoisotopic (exact) mass is 334 g/mol. The Bertz CT molecular complexity index is 815. The number of fused-ring (bicyclic) bond motifs is 1. The highest BCUT2D eigenvalue weighted by molar-refractivity contribution is 7.89. The predicted octanol–water partition coefficient (Wildman–Crippen LogP) is 0.771. The number of amides is 1. The van der Waals surface area contributed by atoms with Crippen LogP contribution in [0.1, 0.15) is 12.5 Å². The van der Waals surface area contributed by atoms with Crippen molar-refractivity contribution >= 4 is 21.6 Å². The molecule has 23 heavy (non-hydrogen) atoms. The van der Waals surface area contributed by atoms with Crippen LogP contribution in [0, 0.1) is 0 Å². The average Bonchev–Trinajstić information content (AvgIpc) is 3.15. The fourth-order valence-electron chi connectivity index (χ4n) is 2.68. The van der Waals surface area contributed by atoms with Gasteiger partial charge in [0.1, 0.15) is 0 Å². The van der Waals surface area contributed by atoms with E-state index in [4.69, 9.17) is 0 Å². The first-order valence-corrected chi connectivity index (χ1v) is 8.82. The third-order valence-electron chi connectivity index (χ3n) is 3.86. The lowest BCUT2D eigenvalue weighted by Gasteiger charge is -2.15. The van der Waals surface area contributed by atoms with Crippen molar-refractivity contribution in [1.82, 2.24) is 14.3 Å². The summed E-state index contributed by atoms with van der Waals surface area (Å²) in [4.78, 5) is 17.3. The van der Waals surface area contributed by atoms with Gasteiger partial charge < -0.3 is 9.47 Å². The molecule has 1 N–H and O–H groups in total. The minimum Gasteiger partial charge on any atom is -0.336 e. The van der Waals surface area contributed by atoms with E-state index in [0.717, 1.165) is 11.3 Å². The lowest BCUT2D eigenvalue weighted by atomic mass is 10.2. The van der Waals surface area contributed by atoms with Crippen LogP contribution in [0.3, 0.4) is 0 Å². The van der Waals surface area contributed by atoms with Gasteiger partial charge in [-0.3, -0.25) is 4.79 Å². The van der Waals surface area contributed by atoms with Crippen LogP contribution in [0.2, 0.25) is 0 Å². The summed E-state index contributed by atoms with van der Waals surface area (Å²) in [6.45, 7) is 2.91. The number of hydrogen-bond acceptors (Lipinski definition) is 4. The first kappa shape index (κ1) is 15.7. The summed E-state index contributed by atoms with van der Waals surface area (Å²) in [7, 11) is -3.56. The van der Waals surface area contributed by atoms with E-state index < -0.39 is 10.0 Å². The molecule has 0 saturated heterocycles. The summed E-state index contributed by atoms with van der Waals surface area (Å²) in [6, 6.07) is 4.89.